The van der Waals surface area contributed by atoms with Crippen molar-refractivity contribution in [3.05, 3.63) is 48.6 Å². The number of benzene rings is 1. The first kappa shape index (κ1) is 19.3. The van der Waals surface area contributed by atoms with Gasteiger partial charge in [-0.25, -0.2) is 0 Å². The van der Waals surface area contributed by atoms with Crippen molar-refractivity contribution >= 4 is 21.0 Å². The minimum atomic E-state index is -2.13. The summed E-state index contributed by atoms with van der Waals surface area (Å²) in [6.07, 6.45) is 3.63. The van der Waals surface area contributed by atoms with E-state index in [1.165, 1.54) is 5.56 Å². The average Bonchev–Trinajstić information content (AvgIpc) is 2.45. The fraction of sp³-hybridized carbons (Fsp3) is 0.467. The summed E-state index contributed by atoms with van der Waals surface area (Å²) in [5, 5.41) is 0. The van der Waals surface area contributed by atoms with E-state index in [1.807, 2.05) is 24.3 Å². The Labute approximate surface area is 129 Å². The molecule has 0 amide bonds. The summed E-state index contributed by atoms with van der Waals surface area (Å²) in [6.45, 7) is 6.63. The lowest BCUT2D eigenvalue weighted by Crippen LogP contribution is -2.41. The molecule has 0 heterocycles. The van der Waals surface area contributed by atoms with Gasteiger partial charge in [-0.2, -0.15) is 0 Å². The van der Waals surface area contributed by atoms with Crippen LogP contribution in [0.2, 0.25) is 12.6 Å². The Morgan fingerprint density at radius 1 is 1.35 bits per heavy atom. The molecule has 5 heteroatoms. The van der Waals surface area contributed by atoms with Crippen molar-refractivity contribution in [1.82, 2.24) is 0 Å². The zero-order valence-corrected chi connectivity index (χ0v) is 14.2. The van der Waals surface area contributed by atoms with Gasteiger partial charge in [-0.05, 0) is 31.1 Å². The van der Waals surface area contributed by atoms with Gasteiger partial charge in [-0.15, -0.1) is 19.0 Å². The number of halogens is 1. The summed E-state index contributed by atoms with van der Waals surface area (Å²) in [4.78, 5) is 0. The van der Waals surface area contributed by atoms with Crippen LogP contribution in [0, 0.1) is 0 Å². The van der Waals surface area contributed by atoms with Gasteiger partial charge < -0.3 is 14.6 Å². The number of rotatable bonds is 9. The minimum absolute atomic E-state index is 0. The van der Waals surface area contributed by atoms with Crippen molar-refractivity contribution in [1.29, 1.82) is 0 Å². The molecule has 114 valence electrons. The van der Waals surface area contributed by atoms with Crippen LogP contribution in [0.3, 0.4) is 0 Å². The molecule has 2 unspecified atom stereocenters. The highest BCUT2D eigenvalue weighted by atomic mass is 35.5. The van der Waals surface area contributed by atoms with Gasteiger partial charge in [0.25, 0.3) is 0 Å². The first-order chi connectivity index (χ1) is 9.13. The molecule has 0 aliphatic carbocycles. The smallest absolute Gasteiger partial charge is 0.335 e. The van der Waals surface area contributed by atoms with E-state index in [1.54, 1.807) is 7.11 Å². The molecule has 0 radical (unpaired) electrons. The highest BCUT2D eigenvalue weighted by Gasteiger charge is 2.32. The summed E-state index contributed by atoms with van der Waals surface area (Å²) in [5.41, 5.74) is 6.82. The molecular formula is C15H26ClNO2Si. The lowest BCUT2D eigenvalue weighted by atomic mass is 10.1. The summed E-state index contributed by atoms with van der Waals surface area (Å²) in [7, 11) is -0.406. The van der Waals surface area contributed by atoms with Crippen LogP contribution in [0.15, 0.2) is 43.0 Å². The molecule has 0 aromatic heterocycles. The molecule has 0 aliphatic rings. The highest BCUT2D eigenvalue weighted by molar-refractivity contribution is 6.66. The van der Waals surface area contributed by atoms with Crippen LogP contribution in [0.25, 0.3) is 0 Å². The Hall–Kier alpha value is -0.653. The number of hydrogen-bond donors (Lipinski definition) is 1. The van der Waals surface area contributed by atoms with Crippen LogP contribution >= 0.6 is 12.4 Å². The van der Waals surface area contributed by atoms with E-state index >= 15 is 0 Å². The molecule has 2 N–H and O–H groups in total. The topological polar surface area (TPSA) is 44.5 Å². The molecule has 1 aromatic carbocycles. The fourth-order valence-electron chi connectivity index (χ4n) is 1.97. The van der Waals surface area contributed by atoms with Crippen molar-refractivity contribution in [2.24, 2.45) is 5.73 Å². The van der Waals surface area contributed by atoms with E-state index in [-0.39, 0.29) is 18.5 Å². The van der Waals surface area contributed by atoms with E-state index in [0.717, 1.165) is 18.9 Å². The SMILES string of the molecule is C=CC(Cc1ccccc1)O[Si](C)(CCCN)OC.Cl. The van der Waals surface area contributed by atoms with Gasteiger partial charge in [-0.3, -0.25) is 0 Å². The predicted molar refractivity (Wildman–Crippen MR) is 89.6 cm³/mol. The van der Waals surface area contributed by atoms with Crippen LogP contribution in [-0.2, 0) is 15.3 Å². The van der Waals surface area contributed by atoms with Gasteiger partial charge in [-0.1, -0.05) is 36.4 Å². The second-order valence-corrected chi connectivity index (χ2v) is 8.22. The lowest BCUT2D eigenvalue weighted by Gasteiger charge is -2.29. The molecule has 1 aromatic rings. The first-order valence-electron chi connectivity index (χ1n) is 6.73. The summed E-state index contributed by atoms with van der Waals surface area (Å²) < 4.78 is 11.8. The van der Waals surface area contributed by atoms with E-state index in [2.05, 4.69) is 25.3 Å². The zero-order valence-electron chi connectivity index (χ0n) is 12.4. The molecule has 0 fully saturated rings. The van der Waals surface area contributed by atoms with Crippen molar-refractivity contribution in [2.45, 2.75) is 31.5 Å². The second kappa shape index (κ2) is 10.1. The van der Waals surface area contributed by atoms with E-state index in [9.17, 15) is 0 Å². The van der Waals surface area contributed by atoms with E-state index in [4.69, 9.17) is 14.6 Å². The highest BCUT2D eigenvalue weighted by Crippen LogP contribution is 2.19. The van der Waals surface area contributed by atoms with Gasteiger partial charge in [0, 0.05) is 13.5 Å². The van der Waals surface area contributed by atoms with Crippen LogP contribution in [0.1, 0.15) is 12.0 Å². The molecule has 0 saturated carbocycles. The third-order valence-corrected chi connectivity index (χ3v) is 6.14. The molecule has 20 heavy (non-hydrogen) atoms. The molecule has 0 aliphatic heterocycles. The summed E-state index contributed by atoms with van der Waals surface area (Å²) >= 11 is 0. The molecule has 0 spiro atoms. The number of nitrogens with two attached hydrogens (primary N) is 1. The van der Waals surface area contributed by atoms with E-state index < -0.39 is 8.56 Å². The Morgan fingerprint density at radius 3 is 2.50 bits per heavy atom. The summed E-state index contributed by atoms with van der Waals surface area (Å²) in [6, 6.07) is 11.2. The molecule has 1 rings (SSSR count). The first-order valence-corrected chi connectivity index (χ1v) is 9.25. The minimum Gasteiger partial charge on any atom is -0.398 e. The maximum Gasteiger partial charge on any atom is 0.335 e. The maximum absolute atomic E-state index is 6.19. The Bertz CT molecular complexity index is 377. The van der Waals surface area contributed by atoms with Crippen molar-refractivity contribution in [2.75, 3.05) is 13.7 Å². The number of hydrogen-bond acceptors (Lipinski definition) is 3. The van der Waals surface area contributed by atoms with Gasteiger partial charge in [0.05, 0.1) is 6.10 Å². The largest absolute Gasteiger partial charge is 0.398 e. The van der Waals surface area contributed by atoms with Crippen LogP contribution in [0.4, 0.5) is 0 Å². The van der Waals surface area contributed by atoms with Crippen LogP contribution < -0.4 is 5.73 Å². The molecular weight excluding hydrogens is 290 g/mol. The Balaban J connectivity index is 0.00000361. The standard InChI is InChI=1S/C15H25NO2Si.ClH/c1-4-15(13-14-9-6-5-7-10-14)18-19(3,17-2)12-8-11-16;/h4-7,9-10,15H,1,8,11-13,16H2,2-3H3;1H. The van der Waals surface area contributed by atoms with Crippen LogP contribution in [-0.4, -0.2) is 28.3 Å². The second-order valence-electron chi connectivity index (χ2n) is 4.81. The van der Waals surface area contributed by atoms with Gasteiger partial charge >= 0.3 is 8.56 Å². The molecule has 0 bridgehead atoms. The normalized spacial score (nSPS) is 14.9. The fourth-order valence-corrected chi connectivity index (χ4v) is 4.06. The Morgan fingerprint density at radius 2 is 2.00 bits per heavy atom. The van der Waals surface area contributed by atoms with Gasteiger partial charge in [0.15, 0.2) is 0 Å². The van der Waals surface area contributed by atoms with Gasteiger partial charge in [0.1, 0.15) is 0 Å². The third kappa shape index (κ3) is 6.68. The summed E-state index contributed by atoms with van der Waals surface area (Å²) in [5.74, 6) is 0. The molecule has 2 atom stereocenters. The van der Waals surface area contributed by atoms with Gasteiger partial charge in [0.2, 0.25) is 0 Å². The van der Waals surface area contributed by atoms with Crippen molar-refractivity contribution in [3.8, 4) is 0 Å². The third-order valence-electron chi connectivity index (χ3n) is 3.21. The van der Waals surface area contributed by atoms with Crippen molar-refractivity contribution < 1.29 is 8.85 Å². The lowest BCUT2D eigenvalue weighted by molar-refractivity contribution is 0.163. The predicted octanol–water partition coefficient (Wildman–Crippen LogP) is 3.29. The van der Waals surface area contributed by atoms with E-state index in [0.29, 0.717) is 6.54 Å². The molecule has 3 nitrogen and oxygen atoms in total. The van der Waals surface area contributed by atoms with Crippen molar-refractivity contribution in [3.63, 3.8) is 0 Å². The monoisotopic (exact) mass is 315 g/mol. The molecule has 0 saturated heterocycles. The zero-order chi connectivity index (χ0) is 14.1. The quantitative estimate of drug-likeness (QED) is 0.562. The maximum atomic E-state index is 6.19. The van der Waals surface area contributed by atoms with Crippen LogP contribution in [0.5, 0.6) is 0 Å². The Kier molecular flexibility index (Phi) is 9.80. The average molecular weight is 316 g/mol.